The zero-order chi connectivity index (χ0) is 13.7. The summed E-state index contributed by atoms with van der Waals surface area (Å²) in [6, 6.07) is 5.68. The van der Waals surface area contributed by atoms with Crippen molar-refractivity contribution in [1.82, 2.24) is 4.90 Å². The van der Waals surface area contributed by atoms with Crippen LogP contribution in [-0.2, 0) is 11.3 Å². The third kappa shape index (κ3) is 3.15. The van der Waals surface area contributed by atoms with Gasteiger partial charge in [-0.15, -0.1) is 0 Å². The molecule has 1 aliphatic rings. The highest BCUT2D eigenvalue weighted by molar-refractivity contribution is 5.86. The molecule has 0 saturated heterocycles. The van der Waals surface area contributed by atoms with Gasteiger partial charge in [0.25, 0.3) is 0 Å². The smallest absolute Gasteiger partial charge is 0.243 e. The summed E-state index contributed by atoms with van der Waals surface area (Å²) in [6.07, 6.45) is 5.34. The first kappa shape index (κ1) is 13.6. The number of furan rings is 1. The second kappa shape index (κ2) is 5.89. The van der Waals surface area contributed by atoms with Crippen molar-refractivity contribution in [3.05, 3.63) is 24.2 Å². The van der Waals surface area contributed by atoms with Gasteiger partial charge in [-0.3, -0.25) is 4.79 Å². The maximum absolute atomic E-state index is 12.5. The van der Waals surface area contributed by atoms with Crippen LogP contribution in [0.3, 0.4) is 0 Å². The lowest BCUT2D eigenvalue weighted by Gasteiger charge is -2.30. The largest absolute Gasteiger partial charge is 0.467 e. The van der Waals surface area contributed by atoms with Gasteiger partial charge in [0.2, 0.25) is 5.91 Å². The van der Waals surface area contributed by atoms with E-state index in [0.717, 1.165) is 25.7 Å². The Balaban J connectivity index is 2.08. The molecule has 0 aromatic carbocycles. The van der Waals surface area contributed by atoms with Gasteiger partial charge in [-0.2, -0.15) is 5.26 Å². The third-order valence-electron chi connectivity index (χ3n) is 3.63. The summed E-state index contributed by atoms with van der Waals surface area (Å²) >= 11 is 0. The van der Waals surface area contributed by atoms with Gasteiger partial charge in [-0.25, -0.2) is 0 Å². The number of carbonyl (C=O) groups excluding carboxylic acids is 1. The predicted octanol–water partition coefficient (Wildman–Crippen LogP) is 1.79. The summed E-state index contributed by atoms with van der Waals surface area (Å²) < 4.78 is 5.27. The number of nitrogens with zero attached hydrogens (tertiary/aromatic N) is 2. The molecule has 19 heavy (non-hydrogen) atoms. The van der Waals surface area contributed by atoms with E-state index in [4.69, 9.17) is 15.4 Å². The van der Waals surface area contributed by atoms with E-state index in [9.17, 15) is 4.79 Å². The van der Waals surface area contributed by atoms with Crippen molar-refractivity contribution < 1.29 is 9.21 Å². The van der Waals surface area contributed by atoms with E-state index in [1.807, 2.05) is 6.07 Å². The van der Waals surface area contributed by atoms with Gasteiger partial charge in [-0.05, 0) is 25.0 Å². The number of hydrogen-bond acceptors (Lipinski definition) is 4. The van der Waals surface area contributed by atoms with E-state index in [1.165, 1.54) is 0 Å². The molecule has 1 aromatic heterocycles. The molecule has 102 valence electrons. The van der Waals surface area contributed by atoms with Crippen LogP contribution < -0.4 is 5.73 Å². The predicted molar refractivity (Wildman–Crippen MR) is 69.7 cm³/mol. The Labute approximate surface area is 113 Å². The van der Waals surface area contributed by atoms with Crippen molar-refractivity contribution in [2.45, 2.75) is 44.2 Å². The molecule has 1 amide bonds. The van der Waals surface area contributed by atoms with Crippen molar-refractivity contribution in [2.75, 3.05) is 6.54 Å². The van der Waals surface area contributed by atoms with Crippen molar-refractivity contribution >= 4 is 5.91 Å². The number of rotatable bonds is 5. The maximum Gasteiger partial charge on any atom is 0.243 e. The molecule has 0 radical (unpaired) electrons. The van der Waals surface area contributed by atoms with Crippen molar-refractivity contribution in [2.24, 2.45) is 5.73 Å². The third-order valence-corrected chi connectivity index (χ3v) is 3.63. The summed E-state index contributed by atoms with van der Waals surface area (Å²) in [5.74, 6) is 0.657. The molecular weight excluding hydrogens is 242 g/mol. The van der Waals surface area contributed by atoms with Gasteiger partial charge >= 0.3 is 0 Å². The summed E-state index contributed by atoms with van der Waals surface area (Å²) in [7, 11) is 0. The average molecular weight is 261 g/mol. The average Bonchev–Trinajstić information content (AvgIpc) is 3.06. The molecule has 2 rings (SSSR count). The SMILES string of the molecule is N#CCCN(Cc1ccco1)C(=O)C1(N)CCCC1. The molecular formula is C14H19N3O2. The molecule has 5 nitrogen and oxygen atoms in total. The van der Waals surface area contributed by atoms with Crippen LogP contribution in [0.4, 0.5) is 0 Å². The minimum Gasteiger partial charge on any atom is -0.467 e. The van der Waals surface area contributed by atoms with Crippen molar-refractivity contribution in [1.29, 1.82) is 5.26 Å². The summed E-state index contributed by atoms with van der Waals surface area (Å²) in [5.41, 5.74) is 5.45. The van der Waals surface area contributed by atoms with Crippen molar-refractivity contribution in [3.8, 4) is 6.07 Å². The highest BCUT2D eigenvalue weighted by atomic mass is 16.3. The van der Waals surface area contributed by atoms with Gasteiger partial charge in [0.05, 0.1) is 30.8 Å². The van der Waals surface area contributed by atoms with Gasteiger partial charge in [-0.1, -0.05) is 12.8 Å². The summed E-state index contributed by atoms with van der Waals surface area (Å²) in [5, 5.41) is 8.71. The number of nitriles is 1. The Morgan fingerprint density at radius 1 is 1.53 bits per heavy atom. The molecule has 0 spiro atoms. The number of hydrogen-bond donors (Lipinski definition) is 1. The first-order chi connectivity index (χ1) is 9.15. The van der Waals surface area contributed by atoms with Gasteiger partial charge in [0.15, 0.2) is 0 Å². The van der Waals surface area contributed by atoms with Crippen molar-refractivity contribution in [3.63, 3.8) is 0 Å². The molecule has 1 saturated carbocycles. The minimum atomic E-state index is -0.748. The monoisotopic (exact) mass is 261 g/mol. The number of amides is 1. The normalized spacial score (nSPS) is 17.1. The molecule has 0 unspecified atom stereocenters. The van der Waals surface area contributed by atoms with E-state index >= 15 is 0 Å². The Hall–Kier alpha value is -1.80. The molecule has 0 aliphatic heterocycles. The van der Waals surface area contributed by atoms with Crippen LogP contribution >= 0.6 is 0 Å². The summed E-state index contributed by atoms with van der Waals surface area (Å²) in [4.78, 5) is 14.2. The molecule has 1 aromatic rings. The maximum atomic E-state index is 12.5. The zero-order valence-electron chi connectivity index (χ0n) is 11.0. The Kier molecular flexibility index (Phi) is 4.23. The van der Waals surface area contributed by atoms with Crippen LogP contribution in [0.1, 0.15) is 37.9 Å². The minimum absolute atomic E-state index is 0.0587. The van der Waals surface area contributed by atoms with Crippen LogP contribution in [0.5, 0.6) is 0 Å². The second-order valence-corrected chi connectivity index (χ2v) is 5.08. The molecule has 5 heteroatoms. The number of nitrogens with two attached hydrogens (primary N) is 1. The van der Waals surface area contributed by atoms with Crippen LogP contribution in [-0.4, -0.2) is 22.9 Å². The number of carbonyl (C=O) groups is 1. The van der Waals surface area contributed by atoms with E-state index < -0.39 is 5.54 Å². The Bertz CT molecular complexity index is 456. The first-order valence-corrected chi connectivity index (χ1v) is 6.63. The molecule has 0 atom stereocenters. The molecule has 2 N–H and O–H groups in total. The summed E-state index contributed by atoms with van der Waals surface area (Å²) in [6.45, 7) is 0.779. The van der Waals surface area contributed by atoms with Gasteiger partial charge < -0.3 is 15.1 Å². The topological polar surface area (TPSA) is 83.3 Å². The lowest BCUT2D eigenvalue weighted by Crippen LogP contribution is -2.53. The Morgan fingerprint density at radius 2 is 2.26 bits per heavy atom. The highest BCUT2D eigenvalue weighted by Gasteiger charge is 2.39. The molecule has 0 bridgehead atoms. The lowest BCUT2D eigenvalue weighted by molar-refractivity contribution is -0.137. The molecule has 1 fully saturated rings. The first-order valence-electron chi connectivity index (χ1n) is 6.63. The van der Waals surface area contributed by atoms with E-state index in [-0.39, 0.29) is 5.91 Å². The van der Waals surface area contributed by atoms with E-state index in [2.05, 4.69) is 6.07 Å². The van der Waals surface area contributed by atoms with Crippen LogP contribution in [0.25, 0.3) is 0 Å². The van der Waals surface area contributed by atoms with E-state index in [0.29, 0.717) is 25.3 Å². The Morgan fingerprint density at radius 3 is 2.84 bits per heavy atom. The van der Waals surface area contributed by atoms with Crippen LogP contribution in [0.2, 0.25) is 0 Å². The lowest BCUT2D eigenvalue weighted by atomic mass is 9.97. The fourth-order valence-corrected chi connectivity index (χ4v) is 2.56. The van der Waals surface area contributed by atoms with Crippen LogP contribution in [0, 0.1) is 11.3 Å². The molecule has 1 aliphatic carbocycles. The van der Waals surface area contributed by atoms with Gasteiger partial charge in [0, 0.05) is 6.54 Å². The second-order valence-electron chi connectivity index (χ2n) is 5.08. The van der Waals surface area contributed by atoms with E-state index in [1.54, 1.807) is 17.2 Å². The highest BCUT2D eigenvalue weighted by Crippen LogP contribution is 2.29. The molecule has 1 heterocycles. The fraction of sp³-hybridized carbons (Fsp3) is 0.571. The fourth-order valence-electron chi connectivity index (χ4n) is 2.56. The standard InChI is InChI=1S/C14H19N3O2/c15-8-4-9-17(11-12-5-3-10-19-12)13(18)14(16)6-1-2-7-14/h3,5,10H,1-2,4,6-7,9,11,16H2. The quantitative estimate of drug-likeness (QED) is 0.875. The van der Waals surface area contributed by atoms with Crippen LogP contribution in [0.15, 0.2) is 22.8 Å². The van der Waals surface area contributed by atoms with Gasteiger partial charge in [0.1, 0.15) is 5.76 Å². The zero-order valence-corrected chi connectivity index (χ0v) is 11.0.